The van der Waals surface area contributed by atoms with E-state index in [0.717, 1.165) is 11.3 Å². The second kappa shape index (κ2) is 8.82. The number of nitrogens with one attached hydrogen (secondary N) is 2. The van der Waals surface area contributed by atoms with Crippen molar-refractivity contribution in [2.24, 2.45) is 0 Å². The highest BCUT2D eigenvalue weighted by molar-refractivity contribution is 7.80. The van der Waals surface area contributed by atoms with Crippen LogP contribution in [0.1, 0.15) is 5.56 Å². The largest absolute Gasteiger partial charge is 0.493 e. The molecule has 0 saturated carbocycles. The van der Waals surface area contributed by atoms with E-state index in [1.54, 1.807) is 19.4 Å². The molecule has 0 amide bonds. The average molecular weight is 365 g/mol. The third-order valence-corrected chi connectivity index (χ3v) is 3.82. The van der Waals surface area contributed by atoms with Crippen molar-refractivity contribution in [2.45, 2.75) is 6.54 Å². The molecule has 2 aromatic carbocycles. The highest BCUT2D eigenvalue weighted by Gasteiger charge is 2.05. The molecule has 132 valence electrons. The van der Waals surface area contributed by atoms with Crippen molar-refractivity contribution in [3.63, 3.8) is 0 Å². The second-order valence-corrected chi connectivity index (χ2v) is 5.84. The molecule has 0 radical (unpaired) electrons. The van der Waals surface area contributed by atoms with E-state index in [1.165, 1.54) is 0 Å². The van der Waals surface area contributed by atoms with E-state index in [0.29, 0.717) is 29.0 Å². The lowest BCUT2D eigenvalue weighted by Gasteiger charge is -2.12. The van der Waals surface area contributed by atoms with Crippen LogP contribution in [0.5, 0.6) is 17.4 Å². The van der Waals surface area contributed by atoms with Gasteiger partial charge in [0.15, 0.2) is 16.6 Å². The van der Waals surface area contributed by atoms with Gasteiger partial charge in [-0.05, 0) is 36.0 Å². The molecule has 3 rings (SSSR count). The minimum Gasteiger partial charge on any atom is -0.493 e. The summed E-state index contributed by atoms with van der Waals surface area (Å²) in [4.78, 5) is 4.29. The summed E-state index contributed by atoms with van der Waals surface area (Å²) in [6.07, 6.45) is 1.67. The van der Waals surface area contributed by atoms with E-state index in [-0.39, 0.29) is 0 Å². The predicted octanol–water partition coefficient (Wildman–Crippen LogP) is 4.37. The highest BCUT2D eigenvalue weighted by Crippen LogP contribution is 2.30. The molecule has 0 spiro atoms. The number of hydrogen-bond donors (Lipinski definition) is 2. The number of ether oxygens (including phenoxy) is 2. The van der Waals surface area contributed by atoms with Crippen LogP contribution in [-0.2, 0) is 6.54 Å². The lowest BCUT2D eigenvalue weighted by atomic mass is 10.2. The first kappa shape index (κ1) is 17.7. The van der Waals surface area contributed by atoms with E-state index in [1.807, 2.05) is 60.7 Å². The molecule has 0 saturated heterocycles. The Kier molecular flexibility index (Phi) is 6.01. The van der Waals surface area contributed by atoms with Gasteiger partial charge in [0.25, 0.3) is 0 Å². The number of pyridine rings is 1. The molecule has 5 nitrogen and oxygen atoms in total. The number of nitrogens with zero attached hydrogens (tertiary/aromatic N) is 1. The zero-order valence-electron chi connectivity index (χ0n) is 14.3. The molecule has 0 aliphatic heterocycles. The van der Waals surface area contributed by atoms with Crippen LogP contribution < -0.4 is 20.1 Å². The summed E-state index contributed by atoms with van der Waals surface area (Å²) < 4.78 is 11.0. The minimum atomic E-state index is 0.475. The number of rotatable bonds is 6. The Morgan fingerprint density at radius 1 is 0.962 bits per heavy atom. The van der Waals surface area contributed by atoms with Gasteiger partial charge in [-0.2, -0.15) is 0 Å². The maximum absolute atomic E-state index is 5.75. The first-order valence-corrected chi connectivity index (χ1v) is 8.51. The summed E-state index contributed by atoms with van der Waals surface area (Å²) >= 11 is 5.31. The first-order chi connectivity index (χ1) is 12.7. The van der Waals surface area contributed by atoms with Gasteiger partial charge in [-0.25, -0.2) is 4.98 Å². The van der Waals surface area contributed by atoms with Crippen LogP contribution in [0.4, 0.5) is 5.69 Å². The molecule has 1 heterocycles. The topological polar surface area (TPSA) is 55.4 Å². The van der Waals surface area contributed by atoms with Crippen molar-refractivity contribution in [2.75, 3.05) is 12.4 Å². The average Bonchev–Trinajstić information content (AvgIpc) is 2.69. The van der Waals surface area contributed by atoms with Gasteiger partial charge in [0.05, 0.1) is 19.0 Å². The summed E-state index contributed by atoms with van der Waals surface area (Å²) in [7, 11) is 1.60. The van der Waals surface area contributed by atoms with Crippen molar-refractivity contribution in [3.8, 4) is 17.4 Å². The molecule has 0 unspecified atom stereocenters. The molecule has 2 N–H and O–H groups in total. The van der Waals surface area contributed by atoms with Crippen LogP contribution in [0, 0.1) is 0 Å². The molecule has 26 heavy (non-hydrogen) atoms. The third kappa shape index (κ3) is 4.94. The van der Waals surface area contributed by atoms with Gasteiger partial charge in [0, 0.05) is 12.6 Å². The maximum Gasteiger partial charge on any atom is 0.219 e. The molecular weight excluding hydrogens is 346 g/mol. The molecule has 0 fully saturated rings. The van der Waals surface area contributed by atoms with Crippen LogP contribution in [0.15, 0.2) is 72.9 Å². The Morgan fingerprint density at radius 3 is 2.38 bits per heavy atom. The number of hydrogen-bond acceptors (Lipinski definition) is 4. The monoisotopic (exact) mass is 365 g/mol. The van der Waals surface area contributed by atoms with Crippen molar-refractivity contribution in [1.29, 1.82) is 0 Å². The van der Waals surface area contributed by atoms with Crippen LogP contribution in [0.2, 0.25) is 0 Å². The number of benzene rings is 2. The third-order valence-electron chi connectivity index (χ3n) is 3.57. The summed E-state index contributed by atoms with van der Waals surface area (Å²) in [5.41, 5.74) is 1.94. The quantitative estimate of drug-likeness (QED) is 0.633. The minimum absolute atomic E-state index is 0.475. The number of para-hydroxylation sites is 2. The van der Waals surface area contributed by atoms with Crippen molar-refractivity contribution < 1.29 is 9.47 Å². The number of methoxy groups -OCH3 is 1. The first-order valence-electron chi connectivity index (χ1n) is 8.10. The molecule has 0 bridgehead atoms. The van der Waals surface area contributed by atoms with Gasteiger partial charge in [-0.1, -0.05) is 42.5 Å². The van der Waals surface area contributed by atoms with Crippen molar-refractivity contribution in [1.82, 2.24) is 10.3 Å². The Hall–Kier alpha value is -3.12. The van der Waals surface area contributed by atoms with E-state index < -0.39 is 0 Å². The molecule has 6 heteroatoms. The zero-order valence-corrected chi connectivity index (χ0v) is 15.1. The van der Waals surface area contributed by atoms with Crippen LogP contribution >= 0.6 is 12.2 Å². The number of anilines is 1. The molecule has 0 aliphatic rings. The normalized spacial score (nSPS) is 10.0. The van der Waals surface area contributed by atoms with E-state index >= 15 is 0 Å². The van der Waals surface area contributed by atoms with Crippen LogP contribution in [0.25, 0.3) is 0 Å². The number of thiocarbonyl (C=S) groups is 1. The summed E-state index contributed by atoms with van der Waals surface area (Å²) in [6, 6.07) is 21.1. The Morgan fingerprint density at radius 2 is 1.69 bits per heavy atom. The van der Waals surface area contributed by atoms with E-state index in [4.69, 9.17) is 21.7 Å². The van der Waals surface area contributed by atoms with Gasteiger partial charge in [0.2, 0.25) is 5.88 Å². The summed E-state index contributed by atoms with van der Waals surface area (Å²) in [5.74, 6) is 1.74. The molecular formula is C20H19N3O2S. The van der Waals surface area contributed by atoms with Crippen LogP contribution in [-0.4, -0.2) is 17.2 Å². The van der Waals surface area contributed by atoms with E-state index in [2.05, 4.69) is 15.6 Å². The molecule has 0 atom stereocenters. The van der Waals surface area contributed by atoms with E-state index in [9.17, 15) is 0 Å². The SMILES string of the molecule is COc1ccccc1Oc1ccc(NC(=S)NCc2ccccc2)cn1. The Bertz CT molecular complexity index is 854. The number of aromatic nitrogens is 1. The Balaban J connectivity index is 1.55. The van der Waals surface area contributed by atoms with Gasteiger partial charge in [0.1, 0.15) is 0 Å². The fraction of sp³-hybridized carbons (Fsp3) is 0.100. The standard InChI is InChI=1S/C20H19N3O2S/c1-24-17-9-5-6-10-18(17)25-19-12-11-16(14-21-19)23-20(26)22-13-15-7-3-2-4-8-15/h2-12,14H,13H2,1H3,(H2,22,23,26). The van der Waals surface area contributed by atoms with Crippen LogP contribution in [0.3, 0.4) is 0 Å². The fourth-order valence-corrected chi connectivity index (χ4v) is 2.47. The molecule has 1 aromatic heterocycles. The van der Waals surface area contributed by atoms with Gasteiger partial charge >= 0.3 is 0 Å². The van der Waals surface area contributed by atoms with Crippen molar-refractivity contribution in [3.05, 3.63) is 78.5 Å². The fourth-order valence-electron chi connectivity index (χ4n) is 2.28. The van der Waals surface area contributed by atoms with Gasteiger partial charge in [-0.3, -0.25) is 0 Å². The zero-order chi connectivity index (χ0) is 18.2. The predicted molar refractivity (Wildman–Crippen MR) is 107 cm³/mol. The maximum atomic E-state index is 5.75. The Labute approximate surface area is 158 Å². The summed E-state index contributed by atoms with van der Waals surface area (Å²) in [5, 5.41) is 6.80. The molecule has 0 aliphatic carbocycles. The van der Waals surface area contributed by atoms with Gasteiger partial charge < -0.3 is 20.1 Å². The second-order valence-electron chi connectivity index (χ2n) is 5.43. The van der Waals surface area contributed by atoms with Crippen molar-refractivity contribution >= 4 is 23.0 Å². The lowest BCUT2D eigenvalue weighted by molar-refractivity contribution is 0.374. The summed E-state index contributed by atoms with van der Waals surface area (Å²) in [6.45, 7) is 0.662. The smallest absolute Gasteiger partial charge is 0.219 e. The molecule has 3 aromatic rings. The van der Waals surface area contributed by atoms with Gasteiger partial charge in [-0.15, -0.1) is 0 Å². The highest BCUT2D eigenvalue weighted by atomic mass is 32.1. The lowest BCUT2D eigenvalue weighted by Crippen LogP contribution is -2.27.